The van der Waals surface area contributed by atoms with E-state index < -0.39 is 11.9 Å². The van der Waals surface area contributed by atoms with Crippen LogP contribution in [0.5, 0.6) is 0 Å². The highest BCUT2D eigenvalue weighted by atomic mass is 79.9. The van der Waals surface area contributed by atoms with Crippen molar-refractivity contribution in [2.75, 3.05) is 0 Å². The first-order valence-electron chi connectivity index (χ1n) is 2.12. The third-order valence-electron chi connectivity index (χ3n) is 0.719. The lowest BCUT2D eigenvalue weighted by molar-refractivity contribution is -0.562. The fourth-order valence-corrected chi connectivity index (χ4v) is 0.571. The van der Waals surface area contributed by atoms with E-state index >= 15 is 0 Å². The van der Waals surface area contributed by atoms with Crippen molar-refractivity contribution in [3.05, 3.63) is 0 Å². The Kier molecular flexibility index (Phi) is 1.58. The molecular weight excluding hydrogens is 190 g/mol. The molecule has 0 atom stereocenters. The van der Waals surface area contributed by atoms with Gasteiger partial charge in [0.15, 0.2) is 0 Å². The summed E-state index contributed by atoms with van der Waals surface area (Å²) >= 11 is 2.84. The number of quaternary nitrogens is 1. The predicted molar refractivity (Wildman–Crippen MR) is 31.8 cm³/mol. The number of carbonyl (C=O) groups excluding carboxylic acids is 2. The van der Waals surface area contributed by atoms with Crippen LogP contribution in [0.25, 0.3) is 0 Å². The van der Waals surface area contributed by atoms with E-state index in [4.69, 9.17) is 0 Å². The summed E-state index contributed by atoms with van der Waals surface area (Å²) in [5.74, 6) is -0.498. The minimum atomic E-state index is -0.498. The molecule has 0 radical (unpaired) electrons. The summed E-state index contributed by atoms with van der Waals surface area (Å²) in [5.41, 5.74) is 1.03. The van der Waals surface area contributed by atoms with Gasteiger partial charge in [-0.15, -0.1) is 5.43 Å². The fourth-order valence-electron chi connectivity index (χ4n) is 0.370. The highest BCUT2D eigenvalue weighted by Crippen LogP contribution is 1.87. The third kappa shape index (κ3) is 1.33. The normalized spacial score (nSPS) is 19.0. The van der Waals surface area contributed by atoms with Gasteiger partial charge in [0.2, 0.25) is 4.62 Å². The van der Waals surface area contributed by atoms with E-state index in [1.807, 2.05) is 5.32 Å². The monoisotopic (exact) mass is 192 g/mol. The Labute approximate surface area is 58.6 Å². The van der Waals surface area contributed by atoms with Crippen LogP contribution < -0.4 is 10.7 Å². The molecular formula is C3H3BrN3O2+. The molecule has 0 bridgehead atoms. The Morgan fingerprint density at radius 1 is 1.56 bits per heavy atom. The second kappa shape index (κ2) is 2.24. The lowest BCUT2D eigenvalue weighted by atomic mass is 10.6. The Morgan fingerprint density at radius 2 is 2.22 bits per heavy atom. The second-order valence-electron chi connectivity index (χ2n) is 1.37. The highest BCUT2D eigenvalue weighted by Gasteiger charge is 2.21. The molecule has 0 spiro atoms. The Morgan fingerprint density at radius 3 is 2.67 bits per heavy atom. The molecule has 1 aliphatic rings. The summed E-state index contributed by atoms with van der Waals surface area (Å²) in [6, 6.07) is -0.483. The molecule has 5 nitrogen and oxygen atoms in total. The van der Waals surface area contributed by atoms with E-state index in [1.54, 1.807) is 0 Å². The Balaban J connectivity index is 2.79. The predicted octanol–water partition coefficient (Wildman–Crippen LogP) is -1.49. The molecule has 0 unspecified atom stereocenters. The number of hydrogen-bond donors (Lipinski definition) is 2. The van der Waals surface area contributed by atoms with Gasteiger partial charge in [-0.3, -0.25) is 4.79 Å². The van der Waals surface area contributed by atoms with Crippen LogP contribution >= 0.6 is 15.9 Å². The Hall–Kier alpha value is -0.750. The number of hydrogen-bond acceptors (Lipinski definition) is 3. The highest BCUT2D eigenvalue weighted by molar-refractivity contribution is 9.19. The van der Waals surface area contributed by atoms with Gasteiger partial charge in [-0.2, -0.15) is 0 Å². The van der Waals surface area contributed by atoms with Crippen molar-refractivity contribution in [3.63, 3.8) is 0 Å². The van der Waals surface area contributed by atoms with Gasteiger partial charge in [0.1, 0.15) is 0 Å². The zero-order valence-corrected chi connectivity index (χ0v) is 5.81. The molecule has 0 fully saturated rings. The maximum Gasteiger partial charge on any atom is 0.446 e. The molecule has 3 N–H and O–H groups in total. The lowest BCUT2D eigenvalue weighted by Gasteiger charge is -2.00. The van der Waals surface area contributed by atoms with Gasteiger partial charge in [-0.05, 0) is 15.9 Å². The van der Waals surface area contributed by atoms with Crippen LogP contribution in [0.2, 0.25) is 0 Å². The first-order chi connectivity index (χ1) is 4.20. The maximum absolute atomic E-state index is 10.5. The summed E-state index contributed by atoms with van der Waals surface area (Å²) < 4.78 is 0.127. The largest absolute Gasteiger partial charge is 0.446 e. The molecule has 0 aromatic carbocycles. The number of primary amides is 1. The number of nitrogens with zero attached hydrogens (tertiary/aromatic N) is 1. The van der Waals surface area contributed by atoms with Crippen molar-refractivity contribution in [3.8, 4) is 0 Å². The SMILES string of the molecule is O=C1NC(=O)C(Br)=N[NH2+]1. The van der Waals surface area contributed by atoms with Gasteiger partial charge in [0, 0.05) is 0 Å². The number of nitrogens with two attached hydrogens (primary N) is 1. The maximum atomic E-state index is 10.5. The van der Waals surface area contributed by atoms with Crippen LogP contribution in [0.3, 0.4) is 0 Å². The average molecular weight is 193 g/mol. The summed E-state index contributed by atoms with van der Waals surface area (Å²) in [6.07, 6.45) is 0. The molecule has 9 heavy (non-hydrogen) atoms. The van der Waals surface area contributed by atoms with E-state index in [1.165, 1.54) is 0 Å². The molecule has 0 aromatic rings. The van der Waals surface area contributed by atoms with Crippen LogP contribution in [0.1, 0.15) is 0 Å². The van der Waals surface area contributed by atoms with E-state index in [2.05, 4.69) is 21.0 Å². The van der Waals surface area contributed by atoms with Crippen molar-refractivity contribution >= 4 is 32.5 Å². The summed E-state index contributed by atoms with van der Waals surface area (Å²) in [5, 5.41) is 5.46. The molecule has 0 aliphatic carbocycles. The van der Waals surface area contributed by atoms with Crippen LogP contribution in [-0.2, 0) is 4.79 Å². The van der Waals surface area contributed by atoms with Crippen LogP contribution in [0, 0.1) is 0 Å². The third-order valence-corrected chi connectivity index (χ3v) is 1.28. The average Bonchev–Trinajstić information content (AvgIpc) is 1.80. The van der Waals surface area contributed by atoms with Gasteiger partial charge in [-0.1, -0.05) is 5.10 Å². The van der Waals surface area contributed by atoms with Gasteiger partial charge in [0.05, 0.1) is 0 Å². The van der Waals surface area contributed by atoms with E-state index in [9.17, 15) is 9.59 Å². The lowest BCUT2D eigenvalue weighted by Crippen LogP contribution is -2.88. The quantitative estimate of drug-likeness (QED) is 0.459. The molecule has 1 rings (SSSR count). The summed E-state index contributed by atoms with van der Waals surface area (Å²) in [6.45, 7) is 0. The van der Waals surface area contributed by atoms with Crippen LogP contribution in [0.15, 0.2) is 5.10 Å². The second-order valence-corrected chi connectivity index (χ2v) is 2.12. The number of carbonyl (C=O) groups is 2. The van der Waals surface area contributed by atoms with Crippen molar-refractivity contribution < 1.29 is 15.0 Å². The van der Waals surface area contributed by atoms with Gasteiger partial charge in [-0.25, -0.2) is 10.1 Å². The summed E-state index contributed by atoms with van der Waals surface area (Å²) in [7, 11) is 0. The van der Waals surface area contributed by atoms with Crippen molar-refractivity contribution in [1.82, 2.24) is 5.32 Å². The molecule has 1 heterocycles. The minimum Gasteiger partial charge on any atom is -0.266 e. The summed E-state index contributed by atoms with van der Waals surface area (Å²) in [4.78, 5) is 20.8. The van der Waals surface area contributed by atoms with Crippen molar-refractivity contribution in [1.29, 1.82) is 0 Å². The number of amides is 3. The molecule has 3 amide bonds. The van der Waals surface area contributed by atoms with E-state index in [0.29, 0.717) is 0 Å². The fraction of sp³-hybridized carbons (Fsp3) is 0. The first-order valence-corrected chi connectivity index (χ1v) is 2.91. The molecule has 1 aliphatic heterocycles. The van der Waals surface area contributed by atoms with E-state index in [-0.39, 0.29) is 4.62 Å². The standard InChI is InChI=1S/C3H2BrN3O2/c4-1-2(8)5-3(9)7-6-1/h(H2,5,7,8,9)/p+1. The van der Waals surface area contributed by atoms with Crippen molar-refractivity contribution in [2.24, 2.45) is 5.10 Å². The Bertz CT molecular complexity index is 199. The zero-order chi connectivity index (χ0) is 6.85. The minimum absolute atomic E-state index is 0.127. The molecule has 0 aromatic heterocycles. The van der Waals surface area contributed by atoms with Gasteiger partial charge < -0.3 is 0 Å². The molecule has 0 saturated heterocycles. The van der Waals surface area contributed by atoms with Crippen LogP contribution in [0.4, 0.5) is 4.79 Å². The smallest absolute Gasteiger partial charge is 0.266 e. The molecule has 6 heteroatoms. The van der Waals surface area contributed by atoms with Gasteiger partial charge in [0.25, 0.3) is 5.91 Å². The van der Waals surface area contributed by atoms with Crippen LogP contribution in [-0.4, -0.2) is 16.6 Å². The number of urea groups is 1. The number of rotatable bonds is 0. The number of imide groups is 1. The molecule has 0 saturated carbocycles. The number of halogens is 1. The van der Waals surface area contributed by atoms with E-state index in [0.717, 1.165) is 5.43 Å². The van der Waals surface area contributed by atoms with Crippen molar-refractivity contribution in [2.45, 2.75) is 0 Å². The molecule has 48 valence electrons. The zero-order valence-electron chi connectivity index (χ0n) is 4.22. The topological polar surface area (TPSA) is 75.1 Å². The number of nitrogens with one attached hydrogen (secondary N) is 1. The van der Waals surface area contributed by atoms with Gasteiger partial charge >= 0.3 is 6.03 Å². The first kappa shape index (κ1) is 6.37.